The Bertz CT molecular complexity index is 717. The molecule has 0 aliphatic heterocycles. The first-order chi connectivity index (χ1) is 11.4. The smallest absolute Gasteiger partial charge is 0.326 e. The molecule has 0 bridgehead atoms. The van der Waals surface area contributed by atoms with Gasteiger partial charge in [0.05, 0.1) is 17.0 Å². The molecule has 0 fully saturated rings. The SMILES string of the molecule is Cc1ccc(-c2cc(C(=O)NC(CCCCN)C(=O)O)c(C)[nH]2)[nH]1. The summed E-state index contributed by atoms with van der Waals surface area (Å²) in [5, 5.41) is 11.9. The van der Waals surface area contributed by atoms with Crippen molar-refractivity contribution in [1.29, 1.82) is 0 Å². The predicted octanol–water partition coefficient (Wildman–Crippen LogP) is 1.94. The average Bonchev–Trinajstić information content (AvgIpc) is 3.12. The molecule has 0 saturated heterocycles. The summed E-state index contributed by atoms with van der Waals surface area (Å²) in [7, 11) is 0. The number of carboxylic acid groups (broad SMARTS) is 1. The number of unbranched alkanes of at least 4 members (excludes halogenated alkanes) is 1. The first-order valence-corrected chi connectivity index (χ1v) is 8.01. The first-order valence-electron chi connectivity index (χ1n) is 8.01. The van der Waals surface area contributed by atoms with Gasteiger partial charge in [-0.25, -0.2) is 4.79 Å². The standard InChI is InChI=1S/C17H24N4O3/c1-10-6-7-13(19-10)15-9-12(11(2)20-15)16(22)21-14(17(23)24)5-3-4-8-18/h6-7,9,14,19-20H,3-5,8,18H2,1-2H3,(H,21,22)(H,23,24). The van der Waals surface area contributed by atoms with Crippen LogP contribution >= 0.6 is 0 Å². The number of nitrogens with one attached hydrogen (secondary N) is 3. The van der Waals surface area contributed by atoms with Crippen molar-refractivity contribution in [2.24, 2.45) is 5.73 Å². The van der Waals surface area contributed by atoms with E-state index in [1.807, 2.05) is 19.1 Å². The highest BCUT2D eigenvalue weighted by molar-refractivity contribution is 5.98. The Labute approximate surface area is 140 Å². The number of aliphatic carboxylic acids is 1. The van der Waals surface area contributed by atoms with Gasteiger partial charge in [-0.05, 0) is 57.9 Å². The minimum absolute atomic E-state index is 0.365. The van der Waals surface area contributed by atoms with Gasteiger partial charge in [0.25, 0.3) is 5.91 Å². The van der Waals surface area contributed by atoms with Crippen molar-refractivity contribution in [3.63, 3.8) is 0 Å². The van der Waals surface area contributed by atoms with E-state index in [-0.39, 0.29) is 0 Å². The largest absolute Gasteiger partial charge is 0.480 e. The monoisotopic (exact) mass is 332 g/mol. The van der Waals surface area contributed by atoms with Crippen LogP contribution in [0.2, 0.25) is 0 Å². The molecule has 0 spiro atoms. The van der Waals surface area contributed by atoms with Gasteiger partial charge >= 0.3 is 5.97 Å². The van der Waals surface area contributed by atoms with Crippen molar-refractivity contribution in [3.05, 3.63) is 35.2 Å². The fraction of sp³-hybridized carbons (Fsp3) is 0.412. The lowest BCUT2D eigenvalue weighted by Gasteiger charge is -2.14. The Morgan fingerprint density at radius 3 is 2.54 bits per heavy atom. The molecule has 0 aliphatic rings. The van der Waals surface area contributed by atoms with Crippen LogP contribution in [0.1, 0.15) is 41.0 Å². The summed E-state index contributed by atoms with van der Waals surface area (Å²) in [5.41, 5.74) is 9.26. The Morgan fingerprint density at radius 2 is 1.96 bits per heavy atom. The van der Waals surface area contributed by atoms with Crippen LogP contribution in [0.4, 0.5) is 0 Å². The summed E-state index contributed by atoms with van der Waals surface area (Å²) >= 11 is 0. The number of hydrogen-bond acceptors (Lipinski definition) is 3. The van der Waals surface area contributed by atoms with E-state index in [2.05, 4.69) is 15.3 Å². The number of carbonyl (C=O) groups is 2. The van der Waals surface area contributed by atoms with Crippen molar-refractivity contribution in [3.8, 4) is 11.4 Å². The van der Waals surface area contributed by atoms with Gasteiger partial charge in [-0.1, -0.05) is 0 Å². The molecule has 0 aromatic carbocycles. The molecular formula is C17H24N4O3. The van der Waals surface area contributed by atoms with E-state index in [0.717, 1.165) is 23.5 Å². The maximum absolute atomic E-state index is 12.4. The maximum atomic E-state index is 12.4. The molecule has 2 aromatic heterocycles. The lowest BCUT2D eigenvalue weighted by molar-refractivity contribution is -0.139. The third kappa shape index (κ3) is 4.26. The zero-order chi connectivity index (χ0) is 17.7. The third-order valence-corrected chi connectivity index (χ3v) is 3.93. The van der Waals surface area contributed by atoms with Crippen molar-refractivity contribution >= 4 is 11.9 Å². The van der Waals surface area contributed by atoms with Gasteiger partial charge in [-0.2, -0.15) is 0 Å². The highest BCUT2D eigenvalue weighted by atomic mass is 16.4. The minimum atomic E-state index is -1.03. The number of H-pyrrole nitrogens is 2. The van der Waals surface area contributed by atoms with Crippen LogP contribution in [0.5, 0.6) is 0 Å². The molecule has 7 nitrogen and oxygen atoms in total. The normalized spacial score (nSPS) is 12.1. The molecule has 2 aromatic rings. The van der Waals surface area contributed by atoms with Crippen molar-refractivity contribution in [1.82, 2.24) is 15.3 Å². The Morgan fingerprint density at radius 1 is 1.21 bits per heavy atom. The molecule has 7 heteroatoms. The van der Waals surface area contributed by atoms with Crippen LogP contribution in [0.15, 0.2) is 18.2 Å². The topological polar surface area (TPSA) is 124 Å². The van der Waals surface area contributed by atoms with Gasteiger partial charge in [0.2, 0.25) is 0 Å². The zero-order valence-corrected chi connectivity index (χ0v) is 14.0. The van der Waals surface area contributed by atoms with E-state index in [0.29, 0.717) is 30.6 Å². The number of aromatic nitrogens is 2. The summed E-state index contributed by atoms with van der Waals surface area (Å²) in [4.78, 5) is 30.1. The van der Waals surface area contributed by atoms with E-state index >= 15 is 0 Å². The molecule has 0 radical (unpaired) electrons. The second-order valence-corrected chi connectivity index (χ2v) is 5.93. The van der Waals surface area contributed by atoms with Crippen LogP contribution in [-0.4, -0.2) is 39.5 Å². The number of hydrogen-bond donors (Lipinski definition) is 5. The van der Waals surface area contributed by atoms with Crippen LogP contribution in [0, 0.1) is 13.8 Å². The van der Waals surface area contributed by atoms with Crippen molar-refractivity contribution in [2.75, 3.05) is 6.54 Å². The third-order valence-electron chi connectivity index (χ3n) is 3.93. The number of rotatable bonds is 8. The van der Waals surface area contributed by atoms with E-state index in [1.165, 1.54) is 0 Å². The van der Waals surface area contributed by atoms with E-state index in [9.17, 15) is 14.7 Å². The molecule has 130 valence electrons. The highest BCUT2D eigenvalue weighted by Crippen LogP contribution is 2.21. The molecule has 1 amide bonds. The van der Waals surface area contributed by atoms with E-state index < -0.39 is 17.9 Å². The van der Waals surface area contributed by atoms with Gasteiger partial charge in [0, 0.05) is 11.4 Å². The molecule has 0 saturated carbocycles. The second kappa shape index (κ2) is 7.83. The van der Waals surface area contributed by atoms with Gasteiger partial charge in [0.1, 0.15) is 6.04 Å². The van der Waals surface area contributed by atoms with Crippen LogP contribution < -0.4 is 11.1 Å². The Kier molecular flexibility index (Phi) is 5.81. The number of aromatic amines is 2. The Hall–Kier alpha value is -2.54. The fourth-order valence-corrected chi connectivity index (χ4v) is 2.59. The first kappa shape index (κ1) is 17.8. The molecular weight excluding hydrogens is 308 g/mol. The summed E-state index contributed by atoms with van der Waals surface area (Å²) in [6, 6.07) is 4.70. The van der Waals surface area contributed by atoms with Crippen LogP contribution in [0.3, 0.4) is 0 Å². The fourth-order valence-electron chi connectivity index (χ4n) is 2.59. The summed E-state index contributed by atoms with van der Waals surface area (Å²) in [6.45, 7) is 4.25. The maximum Gasteiger partial charge on any atom is 0.326 e. The van der Waals surface area contributed by atoms with Gasteiger partial charge in [-0.15, -0.1) is 0 Å². The van der Waals surface area contributed by atoms with Crippen molar-refractivity contribution in [2.45, 2.75) is 39.2 Å². The minimum Gasteiger partial charge on any atom is -0.480 e. The lowest BCUT2D eigenvalue weighted by Crippen LogP contribution is -2.40. The zero-order valence-electron chi connectivity index (χ0n) is 14.0. The van der Waals surface area contributed by atoms with Gasteiger partial charge in [0.15, 0.2) is 0 Å². The number of carboxylic acids is 1. The number of nitrogens with two attached hydrogens (primary N) is 1. The second-order valence-electron chi connectivity index (χ2n) is 5.93. The molecule has 1 unspecified atom stereocenters. The predicted molar refractivity (Wildman–Crippen MR) is 91.8 cm³/mol. The Balaban J connectivity index is 2.11. The summed E-state index contributed by atoms with van der Waals surface area (Å²) in [5.74, 6) is -1.42. The van der Waals surface area contributed by atoms with Gasteiger partial charge in [-0.3, -0.25) is 4.79 Å². The average molecular weight is 332 g/mol. The molecule has 2 heterocycles. The van der Waals surface area contributed by atoms with Crippen LogP contribution in [-0.2, 0) is 4.79 Å². The molecule has 2 rings (SSSR count). The van der Waals surface area contributed by atoms with Gasteiger partial charge < -0.3 is 26.1 Å². The van der Waals surface area contributed by atoms with Crippen molar-refractivity contribution < 1.29 is 14.7 Å². The summed E-state index contributed by atoms with van der Waals surface area (Å²) in [6.07, 6.45) is 1.76. The molecule has 1 atom stereocenters. The van der Waals surface area contributed by atoms with E-state index in [4.69, 9.17) is 5.73 Å². The number of amides is 1. The van der Waals surface area contributed by atoms with Crippen LogP contribution in [0.25, 0.3) is 11.4 Å². The lowest BCUT2D eigenvalue weighted by atomic mass is 10.1. The van der Waals surface area contributed by atoms with E-state index in [1.54, 1.807) is 13.0 Å². The molecule has 24 heavy (non-hydrogen) atoms. The number of aryl methyl sites for hydroxylation is 2. The highest BCUT2D eigenvalue weighted by Gasteiger charge is 2.22. The molecule has 0 aliphatic carbocycles. The quantitative estimate of drug-likeness (QED) is 0.474. The summed E-state index contributed by atoms with van der Waals surface area (Å²) < 4.78 is 0. The number of carbonyl (C=O) groups excluding carboxylic acids is 1. The molecule has 6 N–H and O–H groups in total.